The van der Waals surface area contributed by atoms with Crippen molar-refractivity contribution >= 4 is 0 Å². The number of nitrogens with two attached hydrogens (primary N) is 1. The van der Waals surface area contributed by atoms with Gasteiger partial charge in [0.1, 0.15) is 0 Å². The molecule has 17 heavy (non-hydrogen) atoms. The second-order valence-corrected chi connectivity index (χ2v) is 6.36. The number of likely N-dealkylation sites (tertiary alicyclic amines) is 1. The van der Waals surface area contributed by atoms with E-state index < -0.39 is 5.60 Å². The molecule has 0 aromatic heterocycles. The lowest BCUT2D eigenvalue weighted by atomic mass is 9.59. The summed E-state index contributed by atoms with van der Waals surface area (Å²) in [6.07, 6.45) is 7.82. The van der Waals surface area contributed by atoms with Crippen molar-refractivity contribution in [1.82, 2.24) is 4.90 Å². The molecular formula is C14H28N2O. The van der Waals surface area contributed by atoms with Crippen LogP contribution in [0.2, 0.25) is 0 Å². The minimum absolute atomic E-state index is 0.000764. The number of rotatable bonds is 2. The van der Waals surface area contributed by atoms with Gasteiger partial charge in [0, 0.05) is 24.5 Å². The molecule has 3 nitrogen and oxygen atoms in total. The van der Waals surface area contributed by atoms with E-state index in [9.17, 15) is 5.11 Å². The Balaban J connectivity index is 2.17. The van der Waals surface area contributed by atoms with E-state index >= 15 is 0 Å². The number of hydrogen-bond donors (Lipinski definition) is 2. The third-order valence-corrected chi connectivity index (χ3v) is 5.45. The highest BCUT2D eigenvalue weighted by Gasteiger charge is 2.51. The predicted octanol–water partition coefficient (Wildman–Crippen LogP) is 1.74. The van der Waals surface area contributed by atoms with Gasteiger partial charge in [0.15, 0.2) is 0 Å². The number of aliphatic hydroxyl groups is 1. The molecule has 0 bridgehead atoms. The lowest BCUT2D eigenvalue weighted by molar-refractivity contribution is -0.140. The van der Waals surface area contributed by atoms with Crippen LogP contribution < -0.4 is 5.73 Å². The number of hydrogen-bond acceptors (Lipinski definition) is 3. The standard InChI is InChI=1S/C14H28N2O/c1-12-10-14(17,8-9-16(12)2)13(11-15)6-4-3-5-7-13/h12,17H,3-11,15H2,1-2H3. The van der Waals surface area contributed by atoms with Crippen molar-refractivity contribution in [2.75, 3.05) is 20.1 Å². The minimum Gasteiger partial charge on any atom is -0.389 e. The highest BCUT2D eigenvalue weighted by atomic mass is 16.3. The SMILES string of the molecule is CC1CC(O)(C2(CN)CCCCC2)CCN1C. The fraction of sp³-hybridized carbons (Fsp3) is 1.00. The fourth-order valence-electron chi connectivity index (χ4n) is 3.90. The van der Waals surface area contributed by atoms with Crippen molar-refractivity contribution in [2.45, 2.75) is 63.5 Å². The molecule has 1 aliphatic carbocycles. The summed E-state index contributed by atoms with van der Waals surface area (Å²) in [5.74, 6) is 0. The number of nitrogens with zero attached hydrogens (tertiary/aromatic N) is 1. The third-order valence-electron chi connectivity index (χ3n) is 5.45. The first-order chi connectivity index (χ1) is 8.03. The molecule has 0 spiro atoms. The summed E-state index contributed by atoms with van der Waals surface area (Å²) < 4.78 is 0. The van der Waals surface area contributed by atoms with Crippen LogP contribution in [0.15, 0.2) is 0 Å². The molecule has 1 saturated heterocycles. The molecule has 0 radical (unpaired) electrons. The highest BCUT2D eigenvalue weighted by Crippen LogP contribution is 2.49. The Bertz CT molecular complexity index is 263. The first-order valence-corrected chi connectivity index (χ1v) is 7.16. The molecule has 2 atom stereocenters. The van der Waals surface area contributed by atoms with Crippen LogP contribution in [0.25, 0.3) is 0 Å². The zero-order valence-electron chi connectivity index (χ0n) is 11.4. The molecule has 2 unspecified atom stereocenters. The van der Waals surface area contributed by atoms with E-state index in [0.717, 1.165) is 32.2 Å². The Morgan fingerprint density at radius 3 is 2.41 bits per heavy atom. The molecule has 0 amide bonds. The summed E-state index contributed by atoms with van der Waals surface area (Å²) in [6, 6.07) is 0.471. The Morgan fingerprint density at radius 1 is 1.24 bits per heavy atom. The summed E-state index contributed by atoms with van der Waals surface area (Å²) in [7, 11) is 2.15. The topological polar surface area (TPSA) is 49.5 Å². The minimum atomic E-state index is -0.520. The Labute approximate surface area is 105 Å². The van der Waals surface area contributed by atoms with Crippen LogP contribution in [0.4, 0.5) is 0 Å². The lowest BCUT2D eigenvalue weighted by Gasteiger charge is -2.54. The van der Waals surface area contributed by atoms with Crippen molar-refractivity contribution < 1.29 is 5.11 Å². The summed E-state index contributed by atoms with van der Waals surface area (Å²) in [4.78, 5) is 2.35. The van der Waals surface area contributed by atoms with Gasteiger partial charge < -0.3 is 15.7 Å². The summed E-state index contributed by atoms with van der Waals surface area (Å²) in [5, 5.41) is 11.1. The Kier molecular flexibility index (Phi) is 3.81. The molecule has 2 fully saturated rings. The van der Waals surface area contributed by atoms with Crippen molar-refractivity contribution in [3.63, 3.8) is 0 Å². The van der Waals surface area contributed by atoms with Gasteiger partial charge in [-0.1, -0.05) is 19.3 Å². The molecule has 100 valence electrons. The third kappa shape index (κ3) is 2.25. The van der Waals surface area contributed by atoms with Crippen LogP contribution in [0, 0.1) is 5.41 Å². The lowest BCUT2D eigenvalue weighted by Crippen LogP contribution is -2.60. The predicted molar refractivity (Wildman–Crippen MR) is 70.8 cm³/mol. The van der Waals surface area contributed by atoms with Crippen molar-refractivity contribution in [1.29, 1.82) is 0 Å². The van der Waals surface area contributed by atoms with Crippen LogP contribution >= 0.6 is 0 Å². The summed E-state index contributed by atoms with van der Waals surface area (Å²) >= 11 is 0. The van der Waals surface area contributed by atoms with Crippen LogP contribution in [-0.2, 0) is 0 Å². The normalized spacial score (nSPS) is 39.2. The van der Waals surface area contributed by atoms with Crippen LogP contribution in [0.3, 0.4) is 0 Å². The van der Waals surface area contributed by atoms with E-state index in [0.29, 0.717) is 12.6 Å². The van der Waals surface area contributed by atoms with Crippen LogP contribution in [-0.4, -0.2) is 41.8 Å². The molecular weight excluding hydrogens is 212 g/mol. The maximum absolute atomic E-state index is 11.1. The van der Waals surface area contributed by atoms with Gasteiger partial charge in [0.05, 0.1) is 5.60 Å². The second kappa shape index (κ2) is 4.87. The van der Waals surface area contributed by atoms with Gasteiger partial charge in [-0.2, -0.15) is 0 Å². The molecule has 3 heteroatoms. The Hall–Kier alpha value is -0.120. The first-order valence-electron chi connectivity index (χ1n) is 7.16. The smallest absolute Gasteiger partial charge is 0.0742 e. The maximum atomic E-state index is 11.1. The second-order valence-electron chi connectivity index (χ2n) is 6.36. The quantitative estimate of drug-likeness (QED) is 0.773. The molecule has 2 aliphatic rings. The van der Waals surface area contributed by atoms with E-state index in [1.165, 1.54) is 19.3 Å². The average molecular weight is 240 g/mol. The van der Waals surface area contributed by atoms with Crippen LogP contribution in [0.5, 0.6) is 0 Å². The largest absolute Gasteiger partial charge is 0.389 e. The van der Waals surface area contributed by atoms with E-state index in [-0.39, 0.29) is 5.41 Å². The van der Waals surface area contributed by atoms with Crippen LogP contribution in [0.1, 0.15) is 51.9 Å². The summed E-state index contributed by atoms with van der Waals surface area (Å²) in [6.45, 7) is 3.87. The number of piperidine rings is 1. The zero-order chi connectivity index (χ0) is 12.5. The van der Waals surface area contributed by atoms with Gasteiger partial charge >= 0.3 is 0 Å². The van der Waals surface area contributed by atoms with E-state index in [2.05, 4.69) is 18.9 Å². The highest BCUT2D eigenvalue weighted by molar-refractivity contribution is 5.04. The zero-order valence-corrected chi connectivity index (χ0v) is 11.4. The monoisotopic (exact) mass is 240 g/mol. The van der Waals surface area contributed by atoms with E-state index in [1.54, 1.807) is 0 Å². The molecule has 1 aliphatic heterocycles. The summed E-state index contributed by atoms with van der Waals surface area (Å²) in [5.41, 5.74) is 5.54. The first kappa shape index (κ1) is 13.3. The maximum Gasteiger partial charge on any atom is 0.0742 e. The molecule has 0 aromatic rings. The fourth-order valence-corrected chi connectivity index (χ4v) is 3.90. The van der Waals surface area contributed by atoms with Gasteiger partial charge in [-0.3, -0.25) is 0 Å². The van der Waals surface area contributed by atoms with E-state index in [4.69, 9.17) is 5.73 Å². The van der Waals surface area contributed by atoms with Crippen molar-refractivity contribution in [2.24, 2.45) is 11.1 Å². The van der Waals surface area contributed by atoms with Crippen molar-refractivity contribution in [3.8, 4) is 0 Å². The van der Waals surface area contributed by atoms with Gasteiger partial charge in [0.25, 0.3) is 0 Å². The molecule has 0 aromatic carbocycles. The molecule has 1 heterocycles. The van der Waals surface area contributed by atoms with Gasteiger partial charge in [-0.15, -0.1) is 0 Å². The van der Waals surface area contributed by atoms with Crippen molar-refractivity contribution in [3.05, 3.63) is 0 Å². The molecule has 3 N–H and O–H groups in total. The molecule has 1 saturated carbocycles. The average Bonchev–Trinajstić information content (AvgIpc) is 2.35. The van der Waals surface area contributed by atoms with Gasteiger partial charge in [-0.05, 0) is 39.7 Å². The molecule has 2 rings (SSSR count). The van der Waals surface area contributed by atoms with Gasteiger partial charge in [-0.25, -0.2) is 0 Å². The van der Waals surface area contributed by atoms with E-state index in [1.807, 2.05) is 0 Å². The Morgan fingerprint density at radius 2 is 1.88 bits per heavy atom. The van der Waals surface area contributed by atoms with Gasteiger partial charge in [0.2, 0.25) is 0 Å².